The van der Waals surface area contributed by atoms with Gasteiger partial charge in [0.15, 0.2) is 0 Å². The van der Waals surface area contributed by atoms with Crippen molar-refractivity contribution in [1.82, 2.24) is 9.97 Å². The minimum absolute atomic E-state index is 0.223. The number of benzene rings is 1. The van der Waals surface area contributed by atoms with E-state index in [1.54, 1.807) is 0 Å². The molecule has 2 aromatic rings. The molecule has 1 aliphatic heterocycles. The second-order valence-corrected chi connectivity index (χ2v) is 8.34. The molecule has 1 aromatic heterocycles. The van der Waals surface area contributed by atoms with Gasteiger partial charge in [0.05, 0.1) is 5.69 Å². The molecule has 0 bridgehead atoms. The Hall–Kier alpha value is -2.43. The molecule has 140 valence electrons. The molecular weight excluding hydrogens is 338 g/mol. The quantitative estimate of drug-likeness (QED) is 0.902. The first-order valence-electron chi connectivity index (χ1n) is 10.1. The van der Waals surface area contributed by atoms with Crippen molar-refractivity contribution in [3.8, 4) is 11.3 Å². The Kier molecular flexibility index (Phi) is 3.92. The number of carboxylic acids is 1. The van der Waals surface area contributed by atoms with Crippen molar-refractivity contribution in [3.63, 3.8) is 0 Å². The van der Waals surface area contributed by atoms with Gasteiger partial charge < -0.3 is 10.0 Å². The summed E-state index contributed by atoms with van der Waals surface area (Å²) in [6, 6.07) is 7.13. The van der Waals surface area contributed by atoms with E-state index < -0.39 is 5.97 Å². The van der Waals surface area contributed by atoms with Crippen LogP contribution in [-0.2, 0) is 30.5 Å². The number of rotatable bonds is 4. The predicted octanol–water partition coefficient (Wildman–Crippen LogP) is 3.42. The van der Waals surface area contributed by atoms with Crippen LogP contribution in [0.15, 0.2) is 18.2 Å². The van der Waals surface area contributed by atoms with Crippen LogP contribution in [-0.4, -0.2) is 33.6 Å². The normalized spacial score (nSPS) is 23.1. The number of nitrogens with zero attached hydrogens (tertiary/aromatic N) is 3. The summed E-state index contributed by atoms with van der Waals surface area (Å²) < 4.78 is 0. The highest BCUT2D eigenvalue weighted by Gasteiger charge is 2.30. The maximum Gasteiger partial charge on any atom is 0.303 e. The van der Waals surface area contributed by atoms with Crippen molar-refractivity contribution >= 4 is 11.9 Å². The number of aromatic nitrogens is 2. The number of hydrogen-bond acceptors (Lipinski definition) is 4. The Morgan fingerprint density at radius 3 is 2.81 bits per heavy atom. The second-order valence-electron chi connectivity index (χ2n) is 8.34. The van der Waals surface area contributed by atoms with Gasteiger partial charge in [-0.15, -0.1) is 0 Å². The van der Waals surface area contributed by atoms with Gasteiger partial charge in [-0.3, -0.25) is 4.79 Å². The number of carboxylic acid groups (broad SMARTS) is 1. The van der Waals surface area contributed by atoms with E-state index in [1.807, 2.05) is 0 Å². The van der Waals surface area contributed by atoms with Gasteiger partial charge in [-0.1, -0.05) is 12.1 Å². The van der Waals surface area contributed by atoms with Crippen molar-refractivity contribution in [2.24, 2.45) is 5.92 Å². The molecule has 2 heterocycles. The number of aryl methyl sites for hydroxylation is 1. The summed E-state index contributed by atoms with van der Waals surface area (Å²) in [5.74, 6) is 0.407. The highest BCUT2D eigenvalue weighted by atomic mass is 16.4. The maximum absolute atomic E-state index is 11.1. The van der Waals surface area contributed by atoms with E-state index >= 15 is 0 Å². The van der Waals surface area contributed by atoms with Gasteiger partial charge in [0.2, 0.25) is 5.95 Å². The zero-order valence-corrected chi connectivity index (χ0v) is 15.7. The summed E-state index contributed by atoms with van der Waals surface area (Å²) in [6.45, 7) is 3.28. The molecule has 5 heteroatoms. The highest BCUT2D eigenvalue weighted by molar-refractivity contribution is 5.69. The van der Waals surface area contributed by atoms with Crippen LogP contribution in [0.1, 0.15) is 48.6 Å². The second kappa shape index (κ2) is 6.32. The molecule has 5 rings (SSSR count). The van der Waals surface area contributed by atoms with Crippen LogP contribution in [0.4, 0.5) is 5.95 Å². The molecule has 1 unspecified atom stereocenters. The summed E-state index contributed by atoms with van der Waals surface area (Å²) in [7, 11) is 0. The standard InChI is InChI=1S/C22H25N3O2/c1-13-7-8-25(13)22-23-19-4-2-3-18(19)21(24-22)16-6-5-15-9-14(11-20(26)27)10-17(15)12-16/h5-6,12-14H,2-4,7-11H2,1H3,(H,26,27)/t13-,14?/m0/s1. The number of aliphatic carboxylic acids is 1. The maximum atomic E-state index is 11.1. The van der Waals surface area contributed by atoms with E-state index in [1.165, 1.54) is 34.4 Å². The molecule has 3 aliphatic rings. The monoisotopic (exact) mass is 363 g/mol. The fraction of sp³-hybridized carbons (Fsp3) is 0.500. The molecule has 1 N–H and O–H groups in total. The third-order valence-electron chi connectivity index (χ3n) is 6.46. The van der Waals surface area contributed by atoms with Crippen molar-refractivity contribution in [3.05, 3.63) is 40.6 Å². The van der Waals surface area contributed by atoms with E-state index in [0.29, 0.717) is 6.04 Å². The molecule has 0 amide bonds. The average molecular weight is 363 g/mol. The van der Waals surface area contributed by atoms with Gasteiger partial charge in [0.1, 0.15) is 0 Å². The largest absolute Gasteiger partial charge is 0.481 e. The Labute approximate surface area is 159 Å². The van der Waals surface area contributed by atoms with Crippen LogP contribution < -0.4 is 4.90 Å². The highest BCUT2D eigenvalue weighted by Crippen LogP contribution is 2.37. The molecule has 1 fully saturated rings. The Morgan fingerprint density at radius 1 is 1.22 bits per heavy atom. The van der Waals surface area contributed by atoms with Gasteiger partial charge in [-0.2, -0.15) is 0 Å². The fourth-order valence-corrected chi connectivity index (χ4v) is 4.85. The molecule has 5 nitrogen and oxygen atoms in total. The Balaban J connectivity index is 1.51. The van der Waals surface area contributed by atoms with Crippen LogP contribution in [0, 0.1) is 5.92 Å². The molecule has 27 heavy (non-hydrogen) atoms. The van der Waals surface area contributed by atoms with Crippen molar-refractivity contribution in [2.75, 3.05) is 11.4 Å². The fourth-order valence-electron chi connectivity index (χ4n) is 4.85. The van der Waals surface area contributed by atoms with E-state index in [4.69, 9.17) is 15.1 Å². The first-order chi connectivity index (χ1) is 13.1. The minimum Gasteiger partial charge on any atom is -0.481 e. The molecule has 0 spiro atoms. The lowest BCUT2D eigenvalue weighted by Gasteiger charge is -2.39. The van der Waals surface area contributed by atoms with Crippen molar-refractivity contribution in [2.45, 2.75) is 57.9 Å². The van der Waals surface area contributed by atoms with Crippen LogP contribution in [0.5, 0.6) is 0 Å². The summed E-state index contributed by atoms with van der Waals surface area (Å²) in [5, 5.41) is 9.10. The summed E-state index contributed by atoms with van der Waals surface area (Å²) in [4.78, 5) is 23.2. The lowest BCUT2D eigenvalue weighted by molar-refractivity contribution is -0.138. The summed E-state index contributed by atoms with van der Waals surface area (Å²) >= 11 is 0. The summed E-state index contributed by atoms with van der Waals surface area (Å²) in [5.41, 5.74) is 7.39. The number of carbonyl (C=O) groups is 1. The average Bonchev–Trinajstić information content (AvgIpc) is 3.24. The number of anilines is 1. The van der Waals surface area contributed by atoms with E-state index in [0.717, 1.165) is 50.3 Å². The third kappa shape index (κ3) is 2.89. The predicted molar refractivity (Wildman–Crippen MR) is 104 cm³/mol. The number of fused-ring (bicyclic) bond motifs is 2. The van der Waals surface area contributed by atoms with Crippen molar-refractivity contribution < 1.29 is 9.90 Å². The van der Waals surface area contributed by atoms with Crippen molar-refractivity contribution in [1.29, 1.82) is 0 Å². The van der Waals surface area contributed by atoms with Gasteiger partial charge >= 0.3 is 5.97 Å². The molecule has 2 atom stereocenters. The van der Waals surface area contributed by atoms with Crippen LogP contribution in [0.25, 0.3) is 11.3 Å². The molecular formula is C22H25N3O2. The zero-order chi connectivity index (χ0) is 18.5. The third-order valence-corrected chi connectivity index (χ3v) is 6.46. The van der Waals surface area contributed by atoms with Gasteiger partial charge in [0.25, 0.3) is 0 Å². The van der Waals surface area contributed by atoms with E-state index in [9.17, 15) is 4.79 Å². The van der Waals surface area contributed by atoms with E-state index in [2.05, 4.69) is 30.0 Å². The van der Waals surface area contributed by atoms with Crippen LogP contribution in [0.2, 0.25) is 0 Å². The van der Waals surface area contributed by atoms with E-state index in [-0.39, 0.29) is 12.3 Å². The zero-order valence-electron chi connectivity index (χ0n) is 15.7. The number of hydrogen-bond donors (Lipinski definition) is 1. The summed E-state index contributed by atoms with van der Waals surface area (Å²) in [6.07, 6.45) is 6.45. The van der Waals surface area contributed by atoms with Gasteiger partial charge in [-0.25, -0.2) is 9.97 Å². The molecule has 0 saturated carbocycles. The van der Waals surface area contributed by atoms with Crippen LogP contribution >= 0.6 is 0 Å². The molecule has 1 saturated heterocycles. The molecule has 2 aliphatic carbocycles. The molecule has 0 radical (unpaired) electrons. The SMILES string of the molecule is C[C@H]1CCN1c1nc2c(c(-c3ccc4c(c3)CC(CC(=O)O)C4)n1)CCC2. The van der Waals surface area contributed by atoms with Gasteiger partial charge in [-0.05, 0) is 68.6 Å². The lowest BCUT2D eigenvalue weighted by Crippen LogP contribution is -2.46. The van der Waals surface area contributed by atoms with Crippen LogP contribution in [0.3, 0.4) is 0 Å². The first-order valence-corrected chi connectivity index (χ1v) is 10.1. The first kappa shape index (κ1) is 16.7. The Morgan fingerprint density at radius 2 is 2.07 bits per heavy atom. The lowest BCUT2D eigenvalue weighted by atomic mass is 10.00. The topological polar surface area (TPSA) is 66.3 Å². The Bertz CT molecular complexity index is 924. The minimum atomic E-state index is -0.699. The van der Waals surface area contributed by atoms with Gasteiger partial charge in [0, 0.05) is 35.8 Å². The molecule has 1 aromatic carbocycles. The smallest absolute Gasteiger partial charge is 0.303 e.